The molecule has 2 aliphatic rings. The molecule has 0 bridgehead atoms. The van der Waals surface area contributed by atoms with Crippen LogP contribution in [0, 0.1) is 5.82 Å². The molecule has 37 heavy (non-hydrogen) atoms. The summed E-state index contributed by atoms with van der Waals surface area (Å²) in [7, 11) is -3.86. The number of anilines is 1. The summed E-state index contributed by atoms with van der Waals surface area (Å²) >= 11 is 5.29. The number of thiocarbonyl (C=S) groups is 1. The zero-order valence-electron chi connectivity index (χ0n) is 20.0. The summed E-state index contributed by atoms with van der Waals surface area (Å²) in [6.45, 7) is 1.22. The average Bonchev–Trinajstić information content (AvgIpc) is 2.85. The predicted octanol–water partition coefficient (Wildman–Crippen LogP) is 4.87. The number of sulfonamides is 1. The maximum atomic E-state index is 13.5. The number of benzene rings is 2. The molecule has 0 radical (unpaired) electrons. The monoisotopic (exact) mass is 554 g/mol. The molecule has 2 aromatic carbocycles. The number of alkyl halides is 3. The Morgan fingerprint density at radius 2 is 1.70 bits per heavy atom. The van der Waals surface area contributed by atoms with Gasteiger partial charge >= 0.3 is 6.18 Å². The van der Waals surface area contributed by atoms with Crippen LogP contribution in [0.15, 0.2) is 71.7 Å². The number of hydrogen-bond acceptors (Lipinski definition) is 5. The number of allylic oxidation sites excluding steroid dienone is 4. The molecule has 4 rings (SSSR count). The Kier molecular flexibility index (Phi) is 7.62. The van der Waals surface area contributed by atoms with Gasteiger partial charge in [-0.15, -0.1) is 0 Å². The Balaban J connectivity index is 1.64. The lowest BCUT2D eigenvalue weighted by Gasteiger charge is -2.43. The van der Waals surface area contributed by atoms with E-state index in [1.54, 1.807) is 24.3 Å². The Hall–Kier alpha value is -2.60. The van der Waals surface area contributed by atoms with E-state index in [1.807, 2.05) is 4.90 Å². The van der Waals surface area contributed by atoms with Gasteiger partial charge in [0.2, 0.25) is 10.0 Å². The van der Waals surface area contributed by atoms with Gasteiger partial charge in [0.25, 0.3) is 0 Å². The smallest absolute Gasteiger partial charge is 0.376 e. The third-order valence-electron chi connectivity index (χ3n) is 6.72. The molecular weight excluding hydrogens is 528 g/mol. The topological polar surface area (TPSA) is 60.9 Å². The van der Waals surface area contributed by atoms with Gasteiger partial charge < -0.3 is 10.0 Å². The lowest BCUT2D eigenvalue weighted by atomic mass is 9.94. The maximum Gasteiger partial charge on any atom is 0.421 e. The lowest BCUT2D eigenvalue weighted by molar-refractivity contribution is -0.258. The fourth-order valence-electron chi connectivity index (χ4n) is 4.49. The Morgan fingerprint density at radius 3 is 2.30 bits per heavy atom. The molecule has 0 amide bonds. The van der Waals surface area contributed by atoms with E-state index in [4.69, 9.17) is 12.2 Å². The molecule has 1 aliphatic carbocycles. The van der Waals surface area contributed by atoms with E-state index in [0.717, 1.165) is 5.56 Å². The minimum Gasteiger partial charge on any atom is -0.376 e. The van der Waals surface area contributed by atoms with Gasteiger partial charge in [0.05, 0.1) is 4.91 Å². The highest BCUT2D eigenvalue weighted by Gasteiger charge is 2.51. The standard InChI is InChI=1S/C26H26F4N2O3S2/c1-25(33,26(28,29)30)19-8-12-21(13-9-19)32-15-14-31(37(34,35)24-5-3-2-4-23(24)36)17-22(32)16-18-6-10-20(27)11-7-18/h2-3,5-13,22,33H,4,14-17H2,1H3/t22-,25-/m1/s1. The molecule has 0 spiro atoms. The van der Waals surface area contributed by atoms with E-state index in [-0.39, 0.29) is 30.1 Å². The summed E-state index contributed by atoms with van der Waals surface area (Å²) in [5.41, 5.74) is -1.94. The Morgan fingerprint density at radius 1 is 1.05 bits per heavy atom. The van der Waals surface area contributed by atoms with Crippen LogP contribution in [0.4, 0.5) is 23.2 Å². The molecule has 11 heteroatoms. The summed E-state index contributed by atoms with van der Waals surface area (Å²) in [6.07, 6.45) is 0.838. The van der Waals surface area contributed by atoms with Crippen molar-refractivity contribution in [1.82, 2.24) is 4.31 Å². The van der Waals surface area contributed by atoms with Gasteiger partial charge in [-0.25, -0.2) is 12.8 Å². The number of halogens is 4. The van der Waals surface area contributed by atoms with Gasteiger partial charge in [-0.1, -0.05) is 48.6 Å². The first-order valence-electron chi connectivity index (χ1n) is 11.6. The maximum absolute atomic E-state index is 13.5. The van der Waals surface area contributed by atoms with E-state index >= 15 is 0 Å². The highest BCUT2D eigenvalue weighted by Crippen LogP contribution is 2.39. The highest BCUT2D eigenvalue weighted by atomic mass is 32.2. The molecule has 198 valence electrons. The van der Waals surface area contributed by atoms with Crippen molar-refractivity contribution < 1.29 is 31.1 Å². The third-order valence-corrected chi connectivity index (χ3v) is 9.19. The average molecular weight is 555 g/mol. The van der Waals surface area contributed by atoms with Crippen LogP contribution in [0.2, 0.25) is 0 Å². The second-order valence-corrected chi connectivity index (χ2v) is 11.6. The SMILES string of the molecule is C[C@@](O)(c1ccc(N2CCN(S(=O)(=O)C3=CC=CCC3=S)C[C@H]2Cc2ccc(F)cc2)cc1)C(F)(F)F. The zero-order valence-corrected chi connectivity index (χ0v) is 21.6. The molecular formula is C26H26F4N2O3S2. The van der Waals surface area contributed by atoms with Crippen molar-refractivity contribution in [1.29, 1.82) is 0 Å². The highest BCUT2D eigenvalue weighted by molar-refractivity contribution is 7.96. The molecule has 2 atom stereocenters. The summed E-state index contributed by atoms with van der Waals surface area (Å²) in [5, 5.41) is 10.00. The van der Waals surface area contributed by atoms with Crippen molar-refractivity contribution in [2.45, 2.75) is 37.6 Å². The number of piperazine rings is 1. The van der Waals surface area contributed by atoms with Crippen molar-refractivity contribution in [3.8, 4) is 0 Å². The summed E-state index contributed by atoms with van der Waals surface area (Å²) in [4.78, 5) is 2.36. The van der Waals surface area contributed by atoms with Gasteiger partial charge in [-0.2, -0.15) is 17.5 Å². The largest absolute Gasteiger partial charge is 0.421 e. The van der Waals surface area contributed by atoms with Crippen molar-refractivity contribution in [2.75, 3.05) is 24.5 Å². The van der Waals surface area contributed by atoms with Crippen molar-refractivity contribution in [3.63, 3.8) is 0 Å². The molecule has 0 saturated carbocycles. The van der Waals surface area contributed by atoms with E-state index in [1.165, 1.54) is 46.8 Å². The Bertz CT molecular complexity index is 1320. The number of nitrogens with zero attached hydrogens (tertiary/aromatic N) is 2. The van der Waals surface area contributed by atoms with Crippen molar-refractivity contribution >= 4 is 32.8 Å². The van der Waals surface area contributed by atoms with Crippen LogP contribution >= 0.6 is 12.2 Å². The van der Waals surface area contributed by atoms with E-state index in [9.17, 15) is 31.1 Å². The summed E-state index contributed by atoms with van der Waals surface area (Å²) in [6, 6.07) is 10.9. The van der Waals surface area contributed by atoms with Crippen LogP contribution in [-0.4, -0.2) is 54.5 Å². The molecule has 2 aromatic rings. The summed E-state index contributed by atoms with van der Waals surface area (Å²) < 4.78 is 81.5. The van der Waals surface area contributed by atoms with Crippen LogP contribution in [0.1, 0.15) is 24.5 Å². The van der Waals surface area contributed by atoms with Crippen LogP contribution in [0.5, 0.6) is 0 Å². The molecule has 1 fully saturated rings. The van der Waals surface area contributed by atoms with Crippen molar-refractivity contribution in [2.24, 2.45) is 0 Å². The second kappa shape index (κ2) is 10.3. The van der Waals surface area contributed by atoms with Crippen LogP contribution in [0.25, 0.3) is 0 Å². The van der Waals surface area contributed by atoms with Crippen LogP contribution in [-0.2, 0) is 22.0 Å². The number of aliphatic hydroxyl groups is 1. The Labute approximate surface area is 218 Å². The normalized spacial score (nSPS) is 21.0. The van der Waals surface area contributed by atoms with Crippen LogP contribution < -0.4 is 4.90 Å². The first-order chi connectivity index (χ1) is 17.3. The van der Waals surface area contributed by atoms with Gasteiger partial charge in [0.15, 0.2) is 5.60 Å². The molecule has 5 nitrogen and oxygen atoms in total. The lowest BCUT2D eigenvalue weighted by Crippen LogP contribution is -2.56. The number of hydrogen-bond donors (Lipinski definition) is 1. The van der Waals surface area contributed by atoms with E-state index in [0.29, 0.717) is 30.3 Å². The van der Waals surface area contributed by atoms with Gasteiger partial charge in [0, 0.05) is 42.6 Å². The molecule has 1 N–H and O–H groups in total. The molecule has 0 aromatic heterocycles. The minimum atomic E-state index is -4.84. The first-order valence-corrected chi connectivity index (χ1v) is 13.5. The molecule has 0 unspecified atom stereocenters. The molecule has 1 heterocycles. The fourth-order valence-corrected chi connectivity index (χ4v) is 6.56. The molecule has 1 aliphatic heterocycles. The molecule has 1 saturated heterocycles. The van der Waals surface area contributed by atoms with Crippen LogP contribution in [0.3, 0.4) is 0 Å². The van der Waals surface area contributed by atoms with Gasteiger partial charge in [0.1, 0.15) is 5.82 Å². The van der Waals surface area contributed by atoms with Crippen molar-refractivity contribution in [3.05, 3.63) is 88.6 Å². The number of rotatable bonds is 6. The van der Waals surface area contributed by atoms with E-state index < -0.39 is 33.7 Å². The fraction of sp³-hybridized carbons (Fsp3) is 0.346. The third kappa shape index (κ3) is 5.64. The minimum absolute atomic E-state index is 0.0951. The first kappa shape index (κ1) is 27.4. The quantitative estimate of drug-likeness (QED) is 0.408. The second-order valence-electron chi connectivity index (χ2n) is 9.24. The van der Waals surface area contributed by atoms with Gasteiger partial charge in [-0.05, 0) is 54.8 Å². The summed E-state index contributed by atoms with van der Waals surface area (Å²) in [5.74, 6) is -0.397. The van der Waals surface area contributed by atoms with E-state index in [2.05, 4.69) is 0 Å². The predicted molar refractivity (Wildman–Crippen MR) is 138 cm³/mol. The van der Waals surface area contributed by atoms with Gasteiger partial charge in [-0.3, -0.25) is 0 Å². The zero-order chi connectivity index (χ0) is 27.0.